The minimum absolute atomic E-state index is 0.724. The number of likely N-dealkylation sites (N-methyl/N-ethyl adjacent to an activating group) is 1. The number of nitrogens with zero attached hydrogens (tertiary/aromatic N) is 2. The zero-order valence-electron chi connectivity index (χ0n) is 11.5. The Kier molecular flexibility index (Phi) is 6.32. The van der Waals surface area contributed by atoms with Gasteiger partial charge in [-0.1, -0.05) is 27.7 Å². The van der Waals surface area contributed by atoms with Gasteiger partial charge in [0.2, 0.25) is 0 Å². The lowest BCUT2D eigenvalue weighted by molar-refractivity contribution is 0.0983. The maximum Gasteiger partial charge on any atom is 0.0247 e. The van der Waals surface area contributed by atoms with Crippen LogP contribution in [0.1, 0.15) is 27.7 Å². The summed E-state index contributed by atoms with van der Waals surface area (Å²) in [5.41, 5.74) is 0. The monoisotopic (exact) mass is 227 g/mol. The molecule has 0 saturated carbocycles. The van der Waals surface area contributed by atoms with Crippen molar-refractivity contribution in [2.45, 2.75) is 33.7 Å². The molecule has 1 N–H and O–H groups in total. The topological polar surface area (TPSA) is 18.5 Å². The van der Waals surface area contributed by atoms with Gasteiger partial charge in [-0.15, -0.1) is 0 Å². The predicted molar refractivity (Wildman–Crippen MR) is 70.9 cm³/mol. The second kappa shape index (κ2) is 7.25. The molecule has 1 aliphatic heterocycles. The molecule has 16 heavy (non-hydrogen) atoms. The first-order valence-corrected chi connectivity index (χ1v) is 6.86. The van der Waals surface area contributed by atoms with E-state index >= 15 is 0 Å². The van der Waals surface area contributed by atoms with Crippen LogP contribution in [0.25, 0.3) is 0 Å². The van der Waals surface area contributed by atoms with Gasteiger partial charge in [-0.05, 0) is 19.0 Å². The van der Waals surface area contributed by atoms with Gasteiger partial charge in [0.1, 0.15) is 0 Å². The highest BCUT2D eigenvalue weighted by Gasteiger charge is 2.24. The molecule has 96 valence electrons. The molecule has 0 bridgehead atoms. The van der Waals surface area contributed by atoms with Gasteiger partial charge in [-0.2, -0.15) is 0 Å². The molecule has 0 radical (unpaired) electrons. The molecule has 1 saturated heterocycles. The van der Waals surface area contributed by atoms with Gasteiger partial charge < -0.3 is 10.2 Å². The van der Waals surface area contributed by atoms with E-state index in [9.17, 15) is 0 Å². The lowest BCUT2D eigenvalue weighted by Crippen LogP contribution is -2.53. The van der Waals surface area contributed by atoms with Gasteiger partial charge in [0.05, 0.1) is 0 Å². The largest absolute Gasteiger partial charge is 0.314 e. The van der Waals surface area contributed by atoms with Crippen molar-refractivity contribution in [3.05, 3.63) is 0 Å². The van der Waals surface area contributed by atoms with Crippen molar-refractivity contribution in [3.63, 3.8) is 0 Å². The third-order valence-electron chi connectivity index (χ3n) is 3.73. The fraction of sp³-hybridized carbons (Fsp3) is 1.00. The number of hydrogen-bond acceptors (Lipinski definition) is 3. The molecule has 1 rings (SSSR count). The van der Waals surface area contributed by atoms with Crippen LogP contribution in [0.4, 0.5) is 0 Å². The summed E-state index contributed by atoms with van der Waals surface area (Å²) in [6, 6.07) is 0.724. The van der Waals surface area contributed by atoms with Crippen LogP contribution >= 0.6 is 0 Å². The minimum Gasteiger partial charge on any atom is -0.314 e. The van der Waals surface area contributed by atoms with Crippen molar-refractivity contribution in [2.75, 3.05) is 45.8 Å². The maximum atomic E-state index is 3.43. The van der Waals surface area contributed by atoms with E-state index in [1.807, 2.05) is 0 Å². The summed E-state index contributed by atoms with van der Waals surface area (Å²) in [6.45, 7) is 17.5. The van der Waals surface area contributed by atoms with Gasteiger partial charge in [0, 0.05) is 38.8 Å². The van der Waals surface area contributed by atoms with Gasteiger partial charge in [-0.3, -0.25) is 4.90 Å². The lowest BCUT2D eigenvalue weighted by atomic mass is 10.0. The standard InChI is InChI=1S/C13H29N3/c1-5-15(6-2)11-13(12(3)4)16-9-7-14-8-10-16/h12-14H,5-11H2,1-4H3. The van der Waals surface area contributed by atoms with E-state index in [4.69, 9.17) is 0 Å². The molecule has 0 aromatic rings. The van der Waals surface area contributed by atoms with Crippen LogP contribution < -0.4 is 5.32 Å². The van der Waals surface area contributed by atoms with E-state index in [2.05, 4.69) is 42.8 Å². The van der Waals surface area contributed by atoms with E-state index < -0.39 is 0 Å². The second-order valence-electron chi connectivity index (χ2n) is 5.08. The van der Waals surface area contributed by atoms with Crippen molar-refractivity contribution >= 4 is 0 Å². The highest BCUT2D eigenvalue weighted by molar-refractivity contribution is 4.81. The quantitative estimate of drug-likeness (QED) is 0.737. The van der Waals surface area contributed by atoms with Crippen LogP contribution in [-0.2, 0) is 0 Å². The summed E-state index contributed by atoms with van der Waals surface area (Å²) >= 11 is 0. The molecule has 0 spiro atoms. The van der Waals surface area contributed by atoms with Crippen LogP contribution in [0, 0.1) is 5.92 Å². The highest BCUT2D eigenvalue weighted by atomic mass is 15.2. The number of piperazine rings is 1. The molecular formula is C13H29N3. The van der Waals surface area contributed by atoms with Crippen molar-refractivity contribution in [2.24, 2.45) is 5.92 Å². The van der Waals surface area contributed by atoms with Crippen molar-refractivity contribution in [1.29, 1.82) is 0 Å². The number of hydrogen-bond donors (Lipinski definition) is 1. The Bertz CT molecular complexity index is 172. The van der Waals surface area contributed by atoms with Crippen LogP contribution in [-0.4, -0.2) is 61.7 Å². The average molecular weight is 227 g/mol. The molecule has 1 unspecified atom stereocenters. The Morgan fingerprint density at radius 2 is 1.69 bits per heavy atom. The van der Waals surface area contributed by atoms with Crippen LogP contribution in [0.15, 0.2) is 0 Å². The Morgan fingerprint density at radius 3 is 2.12 bits per heavy atom. The number of nitrogens with one attached hydrogen (secondary N) is 1. The highest BCUT2D eigenvalue weighted by Crippen LogP contribution is 2.13. The Balaban J connectivity index is 2.51. The minimum atomic E-state index is 0.724. The van der Waals surface area contributed by atoms with E-state index in [1.165, 1.54) is 32.7 Å². The average Bonchev–Trinajstić information content (AvgIpc) is 2.31. The second-order valence-corrected chi connectivity index (χ2v) is 5.08. The molecule has 0 amide bonds. The zero-order chi connectivity index (χ0) is 12.0. The molecule has 1 heterocycles. The molecular weight excluding hydrogens is 198 g/mol. The molecule has 1 aliphatic rings. The van der Waals surface area contributed by atoms with Crippen molar-refractivity contribution in [3.8, 4) is 0 Å². The third-order valence-corrected chi connectivity index (χ3v) is 3.73. The van der Waals surface area contributed by atoms with Gasteiger partial charge >= 0.3 is 0 Å². The molecule has 0 aliphatic carbocycles. The fourth-order valence-electron chi connectivity index (χ4n) is 2.51. The maximum absolute atomic E-state index is 3.43. The summed E-state index contributed by atoms with van der Waals surface area (Å²) in [6.07, 6.45) is 0. The first-order valence-electron chi connectivity index (χ1n) is 6.86. The zero-order valence-corrected chi connectivity index (χ0v) is 11.5. The Hall–Kier alpha value is -0.120. The van der Waals surface area contributed by atoms with Gasteiger partial charge in [-0.25, -0.2) is 0 Å². The summed E-state index contributed by atoms with van der Waals surface area (Å²) in [5, 5.41) is 3.43. The first-order chi connectivity index (χ1) is 7.69. The van der Waals surface area contributed by atoms with Crippen LogP contribution in [0.2, 0.25) is 0 Å². The van der Waals surface area contributed by atoms with E-state index in [-0.39, 0.29) is 0 Å². The summed E-state index contributed by atoms with van der Waals surface area (Å²) in [4.78, 5) is 5.21. The smallest absolute Gasteiger partial charge is 0.0247 e. The molecule has 3 nitrogen and oxygen atoms in total. The van der Waals surface area contributed by atoms with E-state index in [0.29, 0.717) is 0 Å². The SMILES string of the molecule is CCN(CC)CC(C(C)C)N1CCNCC1. The third kappa shape index (κ3) is 4.04. The molecule has 1 fully saturated rings. The lowest BCUT2D eigenvalue weighted by Gasteiger charge is -2.39. The predicted octanol–water partition coefficient (Wildman–Crippen LogP) is 1.26. The van der Waals surface area contributed by atoms with Crippen molar-refractivity contribution in [1.82, 2.24) is 15.1 Å². The van der Waals surface area contributed by atoms with Gasteiger partial charge in [0.15, 0.2) is 0 Å². The van der Waals surface area contributed by atoms with Crippen LogP contribution in [0.5, 0.6) is 0 Å². The molecule has 0 aromatic heterocycles. The van der Waals surface area contributed by atoms with E-state index in [0.717, 1.165) is 25.0 Å². The van der Waals surface area contributed by atoms with E-state index in [1.54, 1.807) is 0 Å². The van der Waals surface area contributed by atoms with Crippen LogP contribution in [0.3, 0.4) is 0 Å². The van der Waals surface area contributed by atoms with Gasteiger partial charge in [0.25, 0.3) is 0 Å². The summed E-state index contributed by atoms with van der Waals surface area (Å²) in [5.74, 6) is 0.749. The Morgan fingerprint density at radius 1 is 1.12 bits per heavy atom. The Labute approximate surface area is 101 Å². The number of rotatable bonds is 6. The molecule has 3 heteroatoms. The van der Waals surface area contributed by atoms with Crippen molar-refractivity contribution < 1.29 is 0 Å². The normalized spacial score (nSPS) is 20.6. The molecule has 1 atom stereocenters. The first kappa shape index (κ1) is 13.9. The summed E-state index contributed by atoms with van der Waals surface area (Å²) in [7, 11) is 0. The molecule has 0 aromatic carbocycles. The fourth-order valence-corrected chi connectivity index (χ4v) is 2.51. The summed E-state index contributed by atoms with van der Waals surface area (Å²) < 4.78 is 0.